The van der Waals surface area contributed by atoms with Gasteiger partial charge < -0.3 is 20.7 Å². The Balaban J connectivity index is 1.50. The van der Waals surface area contributed by atoms with Gasteiger partial charge in [0.15, 0.2) is 6.61 Å². The molecule has 6 nitrogen and oxygen atoms in total. The van der Waals surface area contributed by atoms with Gasteiger partial charge in [0.25, 0.3) is 11.8 Å². The molecule has 0 heterocycles. The van der Waals surface area contributed by atoms with Crippen molar-refractivity contribution >= 4 is 29.1 Å². The molecule has 3 N–H and O–H groups in total. The Morgan fingerprint density at radius 3 is 2.47 bits per heavy atom. The third-order valence-electron chi connectivity index (χ3n) is 6.30. The third-order valence-corrected chi connectivity index (χ3v) is 6.67. The van der Waals surface area contributed by atoms with Gasteiger partial charge in [-0.3, -0.25) is 9.59 Å². The number of carbonyl (C=O) groups is 2. The Hall–Kier alpha value is -3.42. The van der Waals surface area contributed by atoms with Crippen molar-refractivity contribution in [2.45, 2.75) is 44.3 Å². The van der Waals surface area contributed by atoms with Gasteiger partial charge in [0.2, 0.25) is 0 Å². The highest BCUT2D eigenvalue weighted by atomic mass is 35.5. The van der Waals surface area contributed by atoms with E-state index in [9.17, 15) is 14.0 Å². The van der Waals surface area contributed by atoms with Gasteiger partial charge in [-0.25, -0.2) is 4.39 Å². The fourth-order valence-electron chi connectivity index (χ4n) is 4.39. The van der Waals surface area contributed by atoms with Crippen molar-refractivity contribution in [1.29, 1.82) is 0 Å². The summed E-state index contributed by atoms with van der Waals surface area (Å²) < 4.78 is 19.4. The third kappa shape index (κ3) is 6.83. The Kier molecular flexibility index (Phi) is 8.57. The number of halogens is 2. The number of amides is 2. The van der Waals surface area contributed by atoms with E-state index in [4.69, 9.17) is 22.1 Å². The fourth-order valence-corrected chi connectivity index (χ4v) is 4.56. The first-order chi connectivity index (χ1) is 17.4. The molecular formula is C28H29ClFN3O3. The molecule has 1 aliphatic rings. The molecule has 1 fully saturated rings. The van der Waals surface area contributed by atoms with E-state index in [-0.39, 0.29) is 42.6 Å². The number of ether oxygens (including phenoxy) is 1. The number of hydrogen-bond donors (Lipinski definition) is 2. The van der Waals surface area contributed by atoms with Crippen LogP contribution in [0.15, 0.2) is 72.8 Å². The van der Waals surface area contributed by atoms with Crippen LogP contribution < -0.4 is 15.8 Å². The van der Waals surface area contributed by atoms with E-state index >= 15 is 0 Å². The number of carbonyl (C=O) groups excluding carboxylic acids is 2. The molecule has 188 valence electrons. The van der Waals surface area contributed by atoms with E-state index in [0.29, 0.717) is 22.0 Å². The number of hydrogen-bond acceptors (Lipinski definition) is 4. The molecule has 0 aliphatic heterocycles. The highest BCUT2D eigenvalue weighted by molar-refractivity contribution is 6.31. The summed E-state index contributed by atoms with van der Waals surface area (Å²) in [5.74, 6) is -0.451. The number of benzene rings is 3. The molecule has 36 heavy (non-hydrogen) atoms. The van der Waals surface area contributed by atoms with Gasteiger partial charge in [-0.05, 0) is 79.8 Å². The van der Waals surface area contributed by atoms with Gasteiger partial charge in [0, 0.05) is 34.9 Å². The standard InChI is InChI=1S/C28H29ClFN3O3/c29-26-14-11-23(32-27(34)18-36-25-7-2-1-3-8-25)16-20(26)17-33(24-12-9-22(31)10-13-24)28(35)19-5-4-6-21(30)15-19/h1-8,11,14-16,22,24H,9-10,12-13,17-18,31H2,(H,32,34). The molecule has 3 aromatic rings. The number of rotatable bonds is 8. The van der Waals surface area contributed by atoms with Crippen LogP contribution in [0.5, 0.6) is 5.75 Å². The zero-order chi connectivity index (χ0) is 25.5. The van der Waals surface area contributed by atoms with Crippen LogP contribution in [0.2, 0.25) is 5.02 Å². The average molecular weight is 510 g/mol. The van der Waals surface area contributed by atoms with E-state index in [1.165, 1.54) is 18.2 Å². The molecular weight excluding hydrogens is 481 g/mol. The van der Waals surface area contributed by atoms with E-state index < -0.39 is 5.82 Å². The zero-order valence-corrected chi connectivity index (χ0v) is 20.6. The van der Waals surface area contributed by atoms with Gasteiger partial charge >= 0.3 is 0 Å². The first-order valence-corrected chi connectivity index (χ1v) is 12.3. The lowest BCUT2D eigenvalue weighted by Gasteiger charge is -2.36. The normalized spacial score (nSPS) is 17.3. The molecule has 4 rings (SSSR count). The molecule has 0 spiro atoms. The topological polar surface area (TPSA) is 84.7 Å². The van der Waals surface area contributed by atoms with Crippen molar-refractivity contribution in [3.05, 3.63) is 94.8 Å². The highest BCUT2D eigenvalue weighted by Crippen LogP contribution is 2.29. The fraction of sp³-hybridized carbons (Fsp3) is 0.286. The largest absolute Gasteiger partial charge is 0.484 e. The number of nitrogens with zero attached hydrogens (tertiary/aromatic N) is 1. The van der Waals surface area contributed by atoms with Crippen LogP contribution in [0, 0.1) is 5.82 Å². The second-order valence-corrected chi connectivity index (χ2v) is 9.38. The van der Waals surface area contributed by atoms with Crippen molar-refractivity contribution in [2.24, 2.45) is 5.73 Å². The smallest absolute Gasteiger partial charge is 0.262 e. The SMILES string of the molecule is NC1CCC(N(Cc2cc(NC(=O)COc3ccccc3)ccc2Cl)C(=O)c2cccc(F)c2)CC1. The summed E-state index contributed by atoms with van der Waals surface area (Å²) in [5.41, 5.74) is 7.59. The Labute approximate surface area is 215 Å². The number of anilines is 1. The lowest BCUT2D eigenvalue weighted by molar-refractivity contribution is -0.118. The van der Waals surface area contributed by atoms with Crippen LogP contribution in [0.1, 0.15) is 41.6 Å². The summed E-state index contributed by atoms with van der Waals surface area (Å²) in [6, 6.07) is 20.0. The van der Waals surface area contributed by atoms with Crippen molar-refractivity contribution in [2.75, 3.05) is 11.9 Å². The number of nitrogens with one attached hydrogen (secondary N) is 1. The molecule has 0 unspecified atom stereocenters. The molecule has 8 heteroatoms. The Morgan fingerprint density at radius 1 is 1.00 bits per heavy atom. The van der Waals surface area contributed by atoms with Crippen LogP contribution in [-0.2, 0) is 11.3 Å². The minimum Gasteiger partial charge on any atom is -0.484 e. The second-order valence-electron chi connectivity index (χ2n) is 8.97. The summed E-state index contributed by atoms with van der Waals surface area (Å²) in [5, 5.41) is 3.29. The van der Waals surface area contributed by atoms with Gasteiger partial charge in [-0.1, -0.05) is 35.9 Å². The molecule has 3 aromatic carbocycles. The minimum atomic E-state index is -0.466. The first-order valence-electron chi connectivity index (χ1n) is 12.0. The van der Waals surface area contributed by atoms with E-state index in [2.05, 4.69) is 5.32 Å². The highest BCUT2D eigenvalue weighted by Gasteiger charge is 2.29. The van der Waals surface area contributed by atoms with E-state index in [0.717, 1.165) is 25.7 Å². The van der Waals surface area contributed by atoms with Gasteiger partial charge in [0.1, 0.15) is 11.6 Å². The minimum absolute atomic E-state index is 0.0471. The van der Waals surface area contributed by atoms with Gasteiger partial charge in [0.05, 0.1) is 0 Å². The predicted octanol–water partition coefficient (Wildman–Crippen LogP) is 5.41. The first kappa shape index (κ1) is 25.7. The lowest BCUT2D eigenvalue weighted by atomic mass is 9.90. The lowest BCUT2D eigenvalue weighted by Crippen LogP contribution is -2.44. The van der Waals surface area contributed by atoms with Crippen molar-refractivity contribution < 1.29 is 18.7 Å². The summed E-state index contributed by atoms with van der Waals surface area (Å²) in [6.45, 7) is 0.0762. The molecule has 2 amide bonds. The van der Waals surface area contributed by atoms with Crippen molar-refractivity contribution in [1.82, 2.24) is 4.90 Å². The van der Waals surface area contributed by atoms with Crippen LogP contribution >= 0.6 is 11.6 Å². The molecule has 0 aromatic heterocycles. The maximum absolute atomic E-state index is 13.9. The quantitative estimate of drug-likeness (QED) is 0.425. The van der Waals surface area contributed by atoms with Crippen LogP contribution in [0.4, 0.5) is 10.1 Å². The molecule has 0 bridgehead atoms. The van der Waals surface area contributed by atoms with Crippen LogP contribution in [0.25, 0.3) is 0 Å². The van der Waals surface area contributed by atoms with Crippen LogP contribution in [0.3, 0.4) is 0 Å². The number of nitrogens with two attached hydrogens (primary N) is 1. The summed E-state index contributed by atoms with van der Waals surface area (Å²) >= 11 is 6.50. The maximum atomic E-state index is 13.9. The number of para-hydroxylation sites is 1. The molecule has 0 radical (unpaired) electrons. The summed E-state index contributed by atoms with van der Waals surface area (Å²) in [6.07, 6.45) is 3.13. The van der Waals surface area contributed by atoms with E-state index in [1.54, 1.807) is 41.3 Å². The predicted molar refractivity (Wildman–Crippen MR) is 139 cm³/mol. The molecule has 0 atom stereocenters. The van der Waals surface area contributed by atoms with Gasteiger partial charge in [-0.2, -0.15) is 0 Å². The van der Waals surface area contributed by atoms with Crippen molar-refractivity contribution in [3.8, 4) is 5.75 Å². The molecule has 1 saturated carbocycles. The second kappa shape index (κ2) is 12.0. The van der Waals surface area contributed by atoms with Crippen LogP contribution in [-0.4, -0.2) is 35.4 Å². The zero-order valence-electron chi connectivity index (χ0n) is 19.8. The average Bonchev–Trinajstić information content (AvgIpc) is 2.88. The monoisotopic (exact) mass is 509 g/mol. The van der Waals surface area contributed by atoms with E-state index in [1.807, 2.05) is 18.2 Å². The van der Waals surface area contributed by atoms with Gasteiger partial charge in [-0.15, -0.1) is 0 Å². The Morgan fingerprint density at radius 2 is 1.75 bits per heavy atom. The Bertz CT molecular complexity index is 1200. The van der Waals surface area contributed by atoms with Crippen molar-refractivity contribution in [3.63, 3.8) is 0 Å². The molecule has 0 saturated heterocycles. The molecule has 1 aliphatic carbocycles. The maximum Gasteiger partial charge on any atom is 0.262 e. The summed E-state index contributed by atoms with van der Waals surface area (Å²) in [4.78, 5) is 27.6. The summed E-state index contributed by atoms with van der Waals surface area (Å²) in [7, 11) is 0.